The van der Waals surface area contributed by atoms with Gasteiger partial charge in [-0.2, -0.15) is 4.73 Å². The van der Waals surface area contributed by atoms with Gasteiger partial charge in [-0.1, -0.05) is 18.3 Å². The summed E-state index contributed by atoms with van der Waals surface area (Å²) in [5, 5.41) is 8.73. The molecule has 0 aliphatic carbocycles. The second-order valence-corrected chi connectivity index (χ2v) is 1.80. The molecule has 0 fully saturated rings. The first-order valence-corrected chi connectivity index (χ1v) is 2.58. The van der Waals surface area contributed by atoms with Crippen LogP contribution in [0.25, 0.3) is 0 Å². The molecular weight excluding hydrogens is 186 g/mol. The fraction of sp³-hybridized carbons (Fsp3) is 0. The normalized spacial score (nSPS) is 8.00. The molecule has 0 amide bonds. The Balaban J connectivity index is 0.000000640. The molecule has 2 nitrogen and oxygen atoms in total. The van der Waals surface area contributed by atoms with Crippen molar-refractivity contribution in [2.24, 2.45) is 0 Å². The van der Waals surface area contributed by atoms with Crippen LogP contribution in [0.4, 0.5) is 0 Å². The summed E-state index contributed by atoms with van der Waals surface area (Å²) in [7, 11) is 0. The van der Waals surface area contributed by atoms with Gasteiger partial charge in [0.2, 0.25) is 0 Å². The molecule has 0 saturated heterocycles. The summed E-state index contributed by atoms with van der Waals surface area (Å²) >= 11 is 4.67. The first kappa shape index (κ1) is 8.69. The maximum atomic E-state index is 8.73. The maximum Gasteiger partial charge on any atom is 0.142 e. The number of nitrogens with zero attached hydrogens (tertiary/aromatic N) is 1. The van der Waals surface area contributed by atoms with Crippen LogP contribution in [0.3, 0.4) is 0 Å². The fourth-order valence-corrected chi connectivity index (χ4v) is 0.558. The summed E-state index contributed by atoms with van der Waals surface area (Å²) in [5.41, 5.74) is 0. The van der Waals surface area contributed by atoms with Gasteiger partial charge in [0.15, 0.2) is 0 Å². The molecule has 0 aliphatic heterocycles. The van der Waals surface area contributed by atoms with E-state index in [9.17, 15) is 0 Å². The van der Waals surface area contributed by atoms with Gasteiger partial charge in [0.25, 0.3) is 0 Å². The van der Waals surface area contributed by atoms with E-state index in [2.05, 4.69) is 12.2 Å². The van der Waals surface area contributed by atoms with Crippen molar-refractivity contribution in [2.75, 3.05) is 0 Å². The van der Waals surface area contributed by atoms with Crippen molar-refractivity contribution in [2.45, 2.75) is 0 Å². The third-order valence-electron chi connectivity index (χ3n) is 0.803. The van der Waals surface area contributed by atoms with Crippen molar-refractivity contribution >= 4 is 12.2 Å². The Kier molecular flexibility index (Phi) is 3.54. The van der Waals surface area contributed by atoms with Crippen LogP contribution < -0.4 is 0 Å². The fourth-order valence-electron chi connectivity index (χ4n) is 0.419. The zero-order valence-corrected chi connectivity index (χ0v) is 6.17. The average molecular weight is 191 g/mol. The topological polar surface area (TPSA) is 25.2 Å². The number of hydrogen-bond acceptors (Lipinski definition) is 2. The summed E-state index contributed by atoms with van der Waals surface area (Å²) in [4.78, 5) is 0. The number of pyridine rings is 1. The third kappa shape index (κ3) is 2.18. The standard InChI is InChI=1S/C5H5NOS.Cu/c7-6-4-2-1-3-5(6)8;/h1-4,7H;. The van der Waals surface area contributed by atoms with Gasteiger partial charge in [-0.05, 0) is 12.1 Å². The summed E-state index contributed by atoms with van der Waals surface area (Å²) in [6, 6.07) is 5.13. The van der Waals surface area contributed by atoms with Crippen LogP contribution in [-0.2, 0) is 17.1 Å². The second kappa shape index (κ2) is 3.67. The van der Waals surface area contributed by atoms with Gasteiger partial charge < -0.3 is 5.21 Å². The molecule has 0 aromatic carbocycles. The molecule has 1 rings (SSSR count). The van der Waals surface area contributed by atoms with Gasteiger partial charge in [0.05, 0.1) is 0 Å². The molecule has 1 aromatic rings. The molecule has 0 spiro atoms. The van der Waals surface area contributed by atoms with Crippen molar-refractivity contribution < 1.29 is 22.3 Å². The molecular formula is C5H5CuNOS. The predicted octanol–water partition coefficient (Wildman–Crippen LogP) is 1.45. The van der Waals surface area contributed by atoms with Crippen molar-refractivity contribution in [1.82, 2.24) is 4.73 Å². The molecule has 0 bridgehead atoms. The van der Waals surface area contributed by atoms with E-state index in [0.717, 1.165) is 4.73 Å². The smallest absolute Gasteiger partial charge is 0.142 e. The Labute approximate surface area is 68.6 Å². The van der Waals surface area contributed by atoms with E-state index in [1.165, 1.54) is 6.20 Å². The first-order chi connectivity index (χ1) is 3.80. The quantitative estimate of drug-likeness (QED) is 0.381. The Morgan fingerprint density at radius 1 is 1.44 bits per heavy atom. The van der Waals surface area contributed by atoms with E-state index in [4.69, 9.17) is 5.21 Å². The van der Waals surface area contributed by atoms with Gasteiger partial charge in [0, 0.05) is 23.3 Å². The van der Waals surface area contributed by atoms with Crippen LogP contribution in [0.15, 0.2) is 24.4 Å². The molecule has 1 heterocycles. The number of hydrogen-bond donors (Lipinski definition) is 1. The van der Waals surface area contributed by atoms with Crippen LogP contribution >= 0.6 is 12.2 Å². The molecule has 0 unspecified atom stereocenters. The maximum absolute atomic E-state index is 8.73. The van der Waals surface area contributed by atoms with Crippen LogP contribution in [0.5, 0.6) is 0 Å². The summed E-state index contributed by atoms with van der Waals surface area (Å²) in [5.74, 6) is 0. The number of aromatic nitrogens is 1. The van der Waals surface area contributed by atoms with Gasteiger partial charge in [0.1, 0.15) is 4.64 Å². The zero-order valence-electron chi connectivity index (χ0n) is 4.41. The second-order valence-electron chi connectivity index (χ2n) is 1.38. The molecule has 1 N–H and O–H groups in total. The molecule has 53 valence electrons. The van der Waals surface area contributed by atoms with Crippen LogP contribution in [0.2, 0.25) is 0 Å². The van der Waals surface area contributed by atoms with E-state index in [1.54, 1.807) is 18.2 Å². The number of rotatable bonds is 0. The Bertz CT molecular complexity index is 234. The third-order valence-corrected chi connectivity index (χ3v) is 1.13. The molecule has 0 saturated carbocycles. The van der Waals surface area contributed by atoms with Crippen molar-refractivity contribution in [3.8, 4) is 0 Å². The van der Waals surface area contributed by atoms with Crippen molar-refractivity contribution in [3.63, 3.8) is 0 Å². The van der Waals surface area contributed by atoms with Crippen LogP contribution in [-0.4, -0.2) is 9.94 Å². The Hall–Kier alpha value is -0.311. The van der Waals surface area contributed by atoms with Crippen molar-refractivity contribution in [3.05, 3.63) is 29.0 Å². The Morgan fingerprint density at radius 3 is 2.44 bits per heavy atom. The van der Waals surface area contributed by atoms with Crippen LogP contribution in [0.1, 0.15) is 0 Å². The van der Waals surface area contributed by atoms with Crippen LogP contribution in [0, 0.1) is 4.64 Å². The average Bonchev–Trinajstić information content (AvgIpc) is 1.77. The van der Waals surface area contributed by atoms with Gasteiger partial charge in [-0.25, -0.2) is 0 Å². The molecule has 9 heavy (non-hydrogen) atoms. The molecule has 1 radical (unpaired) electrons. The molecule has 0 aliphatic rings. The summed E-state index contributed by atoms with van der Waals surface area (Å²) in [6.45, 7) is 0. The first-order valence-electron chi connectivity index (χ1n) is 2.17. The monoisotopic (exact) mass is 190 g/mol. The minimum Gasteiger partial charge on any atom is -0.428 e. The van der Waals surface area contributed by atoms with E-state index in [0.29, 0.717) is 4.64 Å². The van der Waals surface area contributed by atoms with E-state index < -0.39 is 0 Å². The minimum absolute atomic E-state index is 0. The minimum atomic E-state index is 0. The summed E-state index contributed by atoms with van der Waals surface area (Å²) in [6.07, 6.45) is 1.49. The SMILES string of the molecule is On1ccccc1=S.[Cu]. The summed E-state index contributed by atoms with van der Waals surface area (Å²) < 4.78 is 1.32. The van der Waals surface area contributed by atoms with Gasteiger partial charge in [-0.15, -0.1) is 0 Å². The van der Waals surface area contributed by atoms with Gasteiger partial charge >= 0.3 is 0 Å². The molecule has 4 heteroatoms. The Morgan fingerprint density at radius 2 is 2.11 bits per heavy atom. The van der Waals surface area contributed by atoms with E-state index in [1.807, 2.05) is 0 Å². The molecule has 1 aromatic heterocycles. The van der Waals surface area contributed by atoms with Gasteiger partial charge in [-0.3, -0.25) is 0 Å². The zero-order chi connectivity index (χ0) is 5.98. The van der Waals surface area contributed by atoms with E-state index >= 15 is 0 Å². The van der Waals surface area contributed by atoms with Crippen molar-refractivity contribution in [1.29, 1.82) is 0 Å². The molecule has 0 atom stereocenters. The predicted molar refractivity (Wildman–Crippen MR) is 32.5 cm³/mol. The van der Waals surface area contributed by atoms with E-state index in [-0.39, 0.29) is 17.1 Å². The largest absolute Gasteiger partial charge is 0.428 e.